The summed E-state index contributed by atoms with van der Waals surface area (Å²) in [6.07, 6.45) is 2.61. The number of aliphatic hydroxyl groups excluding tert-OH is 1. The number of rotatable bonds is 8. The number of ether oxygens (including phenoxy) is 1. The molecular formula is C24H33N3O2. The molecule has 0 amide bonds. The van der Waals surface area contributed by atoms with Gasteiger partial charge in [-0.3, -0.25) is 5.32 Å². The van der Waals surface area contributed by atoms with Crippen molar-refractivity contribution in [3.8, 4) is 5.75 Å². The summed E-state index contributed by atoms with van der Waals surface area (Å²) in [4.78, 5) is 6.00. The second-order valence-corrected chi connectivity index (χ2v) is 8.32. The summed E-state index contributed by atoms with van der Waals surface area (Å²) in [7, 11) is 0. The molecule has 29 heavy (non-hydrogen) atoms. The summed E-state index contributed by atoms with van der Waals surface area (Å²) in [5.74, 6) is 1.44. The number of aromatic nitrogens is 1. The fraction of sp³-hybridized carbons (Fsp3) is 0.500. The van der Waals surface area contributed by atoms with Crippen molar-refractivity contribution in [1.29, 1.82) is 0 Å². The lowest BCUT2D eigenvalue weighted by Gasteiger charge is -2.33. The quantitative estimate of drug-likeness (QED) is 0.502. The number of fused-ring (bicyclic) bond motifs is 3. The van der Waals surface area contributed by atoms with Gasteiger partial charge in [-0.05, 0) is 69.9 Å². The van der Waals surface area contributed by atoms with Gasteiger partial charge in [0.1, 0.15) is 11.9 Å². The zero-order chi connectivity index (χ0) is 20.2. The smallest absolute Gasteiger partial charge is 0.176 e. The van der Waals surface area contributed by atoms with E-state index in [4.69, 9.17) is 4.74 Å². The Balaban J connectivity index is 1.45. The largest absolute Gasteiger partial charge is 0.472 e. The molecule has 1 aliphatic heterocycles. The lowest BCUT2D eigenvalue weighted by Crippen LogP contribution is -2.46. The van der Waals surface area contributed by atoms with Crippen LogP contribution in [0.15, 0.2) is 42.5 Å². The van der Waals surface area contributed by atoms with Gasteiger partial charge in [0.15, 0.2) is 6.23 Å². The van der Waals surface area contributed by atoms with E-state index >= 15 is 0 Å². The maximum absolute atomic E-state index is 10.3. The van der Waals surface area contributed by atoms with Crippen LogP contribution in [0.2, 0.25) is 0 Å². The monoisotopic (exact) mass is 395 g/mol. The molecule has 1 saturated heterocycles. The molecule has 1 aromatic heterocycles. The summed E-state index contributed by atoms with van der Waals surface area (Å²) in [6.45, 7) is 8.46. The van der Waals surface area contributed by atoms with Gasteiger partial charge in [0.2, 0.25) is 0 Å². The third-order valence-corrected chi connectivity index (χ3v) is 6.04. The molecule has 0 spiro atoms. The molecule has 0 bridgehead atoms. The molecule has 156 valence electrons. The number of hydrogen-bond acceptors (Lipinski definition) is 4. The van der Waals surface area contributed by atoms with Crippen molar-refractivity contribution in [2.75, 3.05) is 26.2 Å². The molecule has 3 N–H and O–H groups in total. The van der Waals surface area contributed by atoms with Gasteiger partial charge in [-0.15, -0.1) is 0 Å². The number of benzene rings is 2. The molecule has 5 heteroatoms. The Morgan fingerprint density at radius 2 is 1.90 bits per heavy atom. The molecule has 3 aromatic rings. The Kier molecular flexibility index (Phi) is 6.38. The molecule has 5 nitrogen and oxygen atoms in total. The molecule has 0 saturated carbocycles. The van der Waals surface area contributed by atoms with Crippen molar-refractivity contribution >= 4 is 21.8 Å². The van der Waals surface area contributed by atoms with Crippen LogP contribution in [-0.2, 0) is 0 Å². The SMILES string of the molecule is CCCN1CCC(CNC(Oc2cccc3[nH]c4ccccc4c23)[C@H](C)O)CC1. The highest BCUT2D eigenvalue weighted by Gasteiger charge is 2.23. The van der Waals surface area contributed by atoms with E-state index in [0.717, 1.165) is 34.1 Å². The van der Waals surface area contributed by atoms with Crippen LogP contribution < -0.4 is 10.1 Å². The van der Waals surface area contributed by atoms with Crippen LogP contribution in [0.5, 0.6) is 5.75 Å². The fourth-order valence-electron chi connectivity index (χ4n) is 4.43. The van der Waals surface area contributed by atoms with Gasteiger partial charge in [-0.1, -0.05) is 31.2 Å². The van der Waals surface area contributed by atoms with Crippen LogP contribution in [0.1, 0.15) is 33.1 Å². The summed E-state index contributed by atoms with van der Waals surface area (Å²) in [6, 6.07) is 14.3. The van der Waals surface area contributed by atoms with Gasteiger partial charge >= 0.3 is 0 Å². The molecule has 2 heterocycles. The third-order valence-electron chi connectivity index (χ3n) is 6.04. The van der Waals surface area contributed by atoms with Crippen LogP contribution in [0.3, 0.4) is 0 Å². The number of aliphatic hydroxyl groups is 1. The predicted molar refractivity (Wildman–Crippen MR) is 119 cm³/mol. The number of para-hydroxylation sites is 1. The van der Waals surface area contributed by atoms with Crippen LogP contribution in [0, 0.1) is 5.92 Å². The van der Waals surface area contributed by atoms with Gasteiger partial charge in [0.25, 0.3) is 0 Å². The maximum Gasteiger partial charge on any atom is 0.176 e. The van der Waals surface area contributed by atoms with E-state index in [2.05, 4.69) is 40.3 Å². The molecule has 0 radical (unpaired) electrons. The first kappa shape index (κ1) is 20.2. The average Bonchev–Trinajstić information content (AvgIpc) is 3.11. The Hall–Kier alpha value is -2.08. The Bertz CT molecular complexity index is 928. The Morgan fingerprint density at radius 1 is 1.14 bits per heavy atom. The second-order valence-electron chi connectivity index (χ2n) is 8.32. The summed E-state index contributed by atoms with van der Waals surface area (Å²) >= 11 is 0. The van der Waals surface area contributed by atoms with E-state index in [0.29, 0.717) is 5.92 Å². The highest BCUT2D eigenvalue weighted by molar-refractivity contribution is 6.10. The number of nitrogens with zero attached hydrogens (tertiary/aromatic N) is 1. The van der Waals surface area contributed by atoms with E-state index in [1.54, 1.807) is 6.92 Å². The normalized spacial score (nSPS) is 18.3. The molecule has 4 rings (SSSR count). The lowest BCUT2D eigenvalue weighted by atomic mass is 9.96. The Labute approximate surface area is 173 Å². The number of hydrogen-bond donors (Lipinski definition) is 3. The standard InChI is InChI=1S/C24H33N3O2/c1-3-13-27-14-11-18(12-15-27)16-25-24(17(2)28)29-22-10-6-9-21-23(22)19-7-4-5-8-20(19)26-21/h4-10,17-18,24-26,28H,3,11-16H2,1-2H3/t17-,24?/m0/s1. The van der Waals surface area contributed by atoms with Gasteiger partial charge in [-0.25, -0.2) is 0 Å². The van der Waals surface area contributed by atoms with Gasteiger partial charge < -0.3 is 19.7 Å². The van der Waals surface area contributed by atoms with Crippen molar-refractivity contribution in [2.24, 2.45) is 5.92 Å². The highest BCUT2D eigenvalue weighted by atomic mass is 16.5. The zero-order valence-corrected chi connectivity index (χ0v) is 17.5. The van der Waals surface area contributed by atoms with Crippen molar-refractivity contribution in [1.82, 2.24) is 15.2 Å². The minimum Gasteiger partial charge on any atom is -0.472 e. The number of likely N-dealkylation sites (tertiary alicyclic amines) is 1. The van der Waals surface area contributed by atoms with Gasteiger partial charge in [0.05, 0.1) is 5.52 Å². The first-order valence-electron chi connectivity index (χ1n) is 11.0. The fourth-order valence-corrected chi connectivity index (χ4v) is 4.43. The van der Waals surface area contributed by atoms with E-state index in [1.807, 2.05) is 24.3 Å². The molecule has 1 unspecified atom stereocenters. The summed E-state index contributed by atoms with van der Waals surface area (Å²) in [5.41, 5.74) is 2.15. The summed E-state index contributed by atoms with van der Waals surface area (Å²) in [5, 5.41) is 16.1. The van der Waals surface area contributed by atoms with E-state index in [-0.39, 0.29) is 0 Å². The van der Waals surface area contributed by atoms with Crippen LogP contribution >= 0.6 is 0 Å². The molecule has 0 aliphatic carbocycles. The average molecular weight is 396 g/mol. The zero-order valence-electron chi connectivity index (χ0n) is 17.5. The van der Waals surface area contributed by atoms with Crippen molar-refractivity contribution in [3.63, 3.8) is 0 Å². The van der Waals surface area contributed by atoms with Crippen molar-refractivity contribution in [2.45, 2.75) is 45.4 Å². The molecule has 1 aliphatic rings. The predicted octanol–water partition coefficient (Wildman–Crippen LogP) is 4.12. The van der Waals surface area contributed by atoms with Crippen LogP contribution in [0.4, 0.5) is 0 Å². The number of aromatic amines is 1. The van der Waals surface area contributed by atoms with Gasteiger partial charge in [-0.2, -0.15) is 0 Å². The minimum atomic E-state index is -0.601. The second kappa shape index (κ2) is 9.16. The van der Waals surface area contributed by atoms with Crippen LogP contribution in [0.25, 0.3) is 21.8 Å². The maximum atomic E-state index is 10.3. The molecule has 2 aromatic carbocycles. The summed E-state index contributed by atoms with van der Waals surface area (Å²) < 4.78 is 6.31. The van der Waals surface area contributed by atoms with Gasteiger partial charge in [0, 0.05) is 22.8 Å². The first-order chi connectivity index (χ1) is 14.2. The van der Waals surface area contributed by atoms with Crippen molar-refractivity contribution < 1.29 is 9.84 Å². The molecule has 2 atom stereocenters. The molecule has 1 fully saturated rings. The highest BCUT2D eigenvalue weighted by Crippen LogP contribution is 2.33. The van der Waals surface area contributed by atoms with E-state index in [9.17, 15) is 5.11 Å². The third kappa shape index (κ3) is 4.58. The molecular weight excluding hydrogens is 362 g/mol. The van der Waals surface area contributed by atoms with E-state index < -0.39 is 12.3 Å². The first-order valence-corrected chi connectivity index (χ1v) is 11.0. The lowest BCUT2D eigenvalue weighted by molar-refractivity contribution is 0.0231. The topological polar surface area (TPSA) is 60.5 Å². The number of H-pyrrole nitrogens is 1. The minimum absolute atomic E-state index is 0.428. The van der Waals surface area contributed by atoms with Crippen molar-refractivity contribution in [3.05, 3.63) is 42.5 Å². The number of piperidine rings is 1. The van der Waals surface area contributed by atoms with E-state index in [1.165, 1.54) is 38.9 Å². The van der Waals surface area contributed by atoms with Crippen LogP contribution in [-0.4, -0.2) is 53.5 Å². The Morgan fingerprint density at radius 3 is 2.66 bits per heavy atom. The number of nitrogens with one attached hydrogen (secondary N) is 2.